The Morgan fingerprint density at radius 2 is 1.53 bits per heavy atom. The van der Waals surface area contributed by atoms with Crippen LogP contribution in [0.25, 0.3) is 0 Å². The van der Waals surface area contributed by atoms with Crippen LogP contribution in [0.4, 0.5) is 4.79 Å². The van der Waals surface area contributed by atoms with Gasteiger partial charge in [0.2, 0.25) is 17.6 Å². The quantitative estimate of drug-likeness (QED) is 0.0617. The van der Waals surface area contributed by atoms with E-state index in [4.69, 9.17) is 11.5 Å². The van der Waals surface area contributed by atoms with Gasteiger partial charge in [-0.1, -0.05) is 85.3 Å². The number of nitrogens with zero attached hydrogens (tertiary/aromatic N) is 1. The normalized spacial score (nSPS) is 16.0. The number of carbonyl (C=O) groups excluding carboxylic acids is 5. The van der Waals surface area contributed by atoms with E-state index in [0.717, 1.165) is 24.8 Å². The Morgan fingerprint density at radius 1 is 0.981 bits per heavy atom. The van der Waals surface area contributed by atoms with Gasteiger partial charge in [-0.25, -0.2) is 4.79 Å². The Kier molecular flexibility index (Phi) is 46.6. The Morgan fingerprint density at radius 3 is 1.92 bits per heavy atom. The summed E-state index contributed by atoms with van der Waals surface area (Å²) in [6, 6.07) is -3.19. The number of terminal acetylenes is 1. The zero-order chi connectivity index (χ0) is 42.2. The molecule has 1 aliphatic carbocycles. The Bertz CT molecular complexity index is 1100. The van der Waals surface area contributed by atoms with Gasteiger partial charge in [0.15, 0.2) is 6.29 Å². The number of hydrogen-bond acceptors (Lipinski definition) is 8. The number of aliphatic hydroxyl groups is 1. The molecule has 0 saturated carbocycles. The molecule has 0 bridgehead atoms. The number of likely N-dealkylation sites (N-methyl/N-ethyl adjacent to an activating group) is 1. The SMILES string of the molecule is C#CCCC(NC(=O)C1CCCN1C(=O)C(NC(=O)NC)C1CC(C=C)=C(/C=C\C)C1)C(=O)C=O.C=CCNC.CC.CC.CCCC.CNC.CO. The number of rotatable bonds is 14. The van der Waals surface area contributed by atoms with Crippen LogP contribution < -0.4 is 26.6 Å². The van der Waals surface area contributed by atoms with Crippen LogP contribution in [-0.2, 0) is 19.2 Å². The van der Waals surface area contributed by atoms with E-state index >= 15 is 0 Å². The smallest absolute Gasteiger partial charge is 0.315 e. The number of amides is 4. The Labute approximate surface area is 323 Å². The summed E-state index contributed by atoms with van der Waals surface area (Å²) >= 11 is 0. The molecule has 4 amide bonds. The molecule has 0 aromatic rings. The zero-order valence-electron chi connectivity index (χ0n) is 35.2. The largest absolute Gasteiger partial charge is 0.400 e. The number of aliphatic hydroxyl groups excluding tert-OH is 1. The van der Waals surface area contributed by atoms with Crippen molar-refractivity contribution in [2.45, 2.75) is 118 Å². The number of unbranched alkanes of at least 4 members (excludes halogenated alkanes) is 1. The summed E-state index contributed by atoms with van der Waals surface area (Å²) in [6.45, 7) is 22.9. The molecule has 53 heavy (non-hydrogen) atoms. The first kappa shape index (κ1) is 58.3. The van der Waals surface area contributed by atoms with E-state index in [1.54, 1.807) is 6.08 Å². The van der Waals surface area contributed by atoms with E-state index in [1.165, 1.54) is 24.8 Å². The van der Waals surface area contributed by atoms with Gasteiger partial charge < -0.3 is 36.6 Å². The average Bonchev–Trinajstić information content (AvgIpc) is 3.86. The van der Waals surface area contributed by atoms with Crippen molar-refractivity contribution in [3.8, 4) is 12.3 Å². The summed E-state index contributed by atoms with van der Waals surface area (Å²) in [5, 5.41) is 20.5. The maximum atomic E-state index is 13.7. The standard InChI is InChI=1S/C26H34N4O5.C4H9N.C4H10.C2H7N.2C2H6.CH4O/c1-5-8-11-20(22(32)16-31)28-24(33)21-12-9-13-30(21)25(34)23(29-26(35)27-4)19-14-17(7-3)18(15-19)10-6-2;1-3-4-5-2;1-3-4-2;1-3-2;3*1-2/h1,6-7,10,16,19-21,23H,3,8-9,11-15H2,2,4H3,(H,28,33)(H2,27,29,35);3,5H,1,4H2,2H3;3-4H2,1-2H3;3H,1-2H3;2*1-2H3;2H,1H3/b10-6-;;;;;;. The van der Waals surface area contributed by atoms with E-state index in [9.17, 15) is 24.0 Å². The zero-order valence-corrected chi connectivity index (χ0v) is 35.2. The highest BCUT2D eigenvalue weighted by molar-refractivity contribution is 6.28. The van der Waals surface area contributed by atoms with Gasteiger partial charge in [0.25, 0.3) is 0 Å². The molecule has 4 unspecified atom stereocenters. The van der Waals surface area contributed by atoms with Crippen molar-refractivity contribution in [3.63, 3.8) is 0 Å². The fourth-order valence-electron chi connectivity index (χ4n) is 4.81. The molecule has 0 spiro atoms. The first-order chi connectivity index (χ1) is 25.5. The predicted molar refractivity (Wildman–Crippen MR) is 222 cm³/mol. The van der Waals surface area contributed by atoms with E-state index in [1.807, 2.05) is 74.0 Å². The first-order valence-electron chi connectivity index (χ1n) is 18.8. The second-order valence-corrected chi connectivity index (χ2v) is 11.0. The highest BCUT2D eigenvalue weighted by atomic mass is 16.2. The van der Waals surface area contributed by atoms with Crippen molar-refractivity contribution in [2.75, 3.05) is 48.4 Å². The summed E-state index contributed by atoms with van der Waals surface area (Å²) in [5.74, 6) is 0.543. The Balaban J connectivity index is -0.000000359. The summed E-state index contributed by atoms with van der Waals surface area (Å²) in [4.78, 5) is 63.4. The molecule has 2 aliphatic rings. The third-order valence-electron chi connectivity index (χ3n) is 7.28. The van der Waals surface area contributed by atoms with Gasteiger partial charge in [0, 0.05) is 33.7 Å². The van der Waals surface area contributed by atoms with Crippen molar-refractivity contribution in [1.82, 2.24) is 31.5 Å². The van der Waals surface area contributed by atoms with Crippen molar-refractivity contribution in [3.05, 3.63) is 48.6 Å². The van der Waals surface area contributed by atoms with Gasteiger partial charge in [-0.3, -0.25) is 19.2 Å². The molecule has 1 saturated heterocycles. The molecule has 1 aliphatic heterocycles. The van der Waals surface area contributed by atoms with Crippen LogP contribution in [-0.4, -0.2) is 106 Å². The fraction of sp³-hybridized carbons (Fsp3) is 0.634. The lowest BCUT2D eigenvalue weighted by Crippen LogP contribution is -2.57. The lowest BCUT2D eigenvalue weighted by molar-refractivity contribution is -0.141. The molecule has 12 heteroatoms. The van der Waals surface area contributed by atoms with E-state index in [0.29, 0.717) is 32.2 Å². The molecule has 0 aromatic heterocycles. The molecule has 1 heterocycles. The highest BCUT2D eigenvalue weighted by Crippen LogP contribution is 2.36. The number of allylic oxidation sites excluding steroid dienone is 5. The molecular weight excluding hydrogens is 672 g/mol. The van der Waals surface area contributed by atoms with Gasteiger partial charge >= 0.3 is 6.03 Å². The predicted octanol–water partition coefficient (Wildman–Crippen LogP) is 5.10. The van der Waals surface area contributed by atoms with Gasteiger partial charge in [0.05, 0.1) is 6.04 Å². The lowest BCUT2D eigenvalue weighted by Gasteiger charge is -2.32. The van der Waals surface area contributed by atoms with Gasteiger partial charge in [-0.05, 0) is 77.2 Å². The van der Waals surface area contributed by atoms with E-state index in [2.05, 4.69) is 59.5 Å². The Hall–Kier alpha value is -4.05. The molecule has 0 radical (unpaired) electrons. The molecule has 12 nitrogen and oxygen atoms in total. The number of urea groups is 1. The summed E-state index contributed by atoms with van der Waals surface area (Å²) in [7, 11) is 8.11. The van der Waals surface area contributed by atoms with Crippen LogP contribution in [0.2, 0.25) is 0 Å². The first-order valence-corrected chi connectivity index (χ1v) is 18.8. The van der Waals surface area contributed by atoms with Gasteiger partial charge in [-0.15, -0.1) is 18.9 Å². The molecule has 4 atom stereocenters. The minimum atomic E-state index is -1.04. The average molecular weight is 749 g/mol. The third kappa shape index (κ3) is 26.4. The van der Waals surface area contributed by atoms with Crippen LogP contribution >= 0.6 is 0 Å². The van der Waals surface area contributed by atoms with Crippen molar-refractivity contribution < 1.29 is 29.1 Å². The van der Waals surface area contributed by atoms with E-state index < -0.39 is 35.8 Å². The van der Waals surface area contributed by atoms with Crippen molar-refractivity contribution in [1.29, 1.82) is 0 Å². The minimum Gasteiger partial charge on any atom is -0.400 e. The number of ketones is 1. The topological polar surface area (TPSA) is 169 Å². The maximum Gasteiger partial charge on any atom is 0.315 e. The molecule has 1 fully saturated rings. The number of nitrogens with one attached hydrogen (secondary N) is 5. The molecular formula is C41H76N6O6. The van der Waals surface area contributed by atoms with Crippen molar-refractivity contribution >= 4 is 29.9 Å². The third-order valence-corrected chi connectivity index (χ3v) is 7.28. The monoisotopic (exact) mass is 749 g/mol. The lowest BCUT2D eigenvalue weighted by atomic mass is 9.93. The molecule has 306 valence electrons. The van der Waals surface area contributed by atoms with Crippen LogP contribution in [0.1, 0.15) is 99.8 Å². The molecule has 6 N–H and O–H groups in total. The second-order valence-electron chi connectivity index (χ2n) is 11.0. The number of aldehydes is 1. The number of hydrogen-bond donors (Lipinski definition) is 6. The van der Waals surface area contributed by atoms with Crippen molar-refractivity contribution in [2.24, 2.45) is 5.92 Å². The van der Waals surface area contributed by atoms with E-state index in [-0.39, 0.29) is 31.0 Å². The number of carbonyl (C=O) groups is 5. The van der Waals surface area contributed by atoms with Crippen LogP contribution in [0.3, 0.4) is 0 Å². The highest BCUT2D eigenvalue weighted by Gasteiger charge is 2.42. The summed E-state index contributed by atoms with van der Waals surface area (Å²) in [5.41, 5.74) is 2.08. The summed E-state index contributed by atoms with van der Waals surface area (Å²) in [6.07, 6.45) is 18.0. The van der Waals surface area contributed by atoms with Crippen LogP contribution in [0, 0.1) is 18.3 Å². The fourth-order valence-corrected chi connectivity index (χ4v) is 4.81. The van der Waals surface area contributed by atoms with Gasteiger partial charge in [-0.2, -0.15) is 0 Å². The van der Waals surface area contributed by atoms with Crippen LogP contribution in [0.15, 0.2) is 48.6 Å². The van der Waals surface area contributed by atoms with Gasteiger partial charge in [0.1, 0.15) is 12.1 Å². The summed E-state index contributed by atoms with van der Waals surface area (Å²) < 4.78 is 0. The number of likely N-dealkylation sites (tertiary alicyclic amines) is 1. The number of Topliss-reactive ketones (excluding diaryl/α,β-unsaturated/α-hetero) is 1. The minimum absolute atomic E-state index is 0.132. The maximum absolute atomic E-state index is 13.7. The molecule has 0 aromatic carbocycles. The molecule has 2 rings (SSSR count). The van der Waals surface area contributed by atoms with Crippen LogP contribution in [0.5, 0.6) is 0 Å². The second kappa shape index (κ2) is 42.4.